The largest absolute Gasteiger partial charge is 0.340 e. The van der Waals surface area contributed by atoms with Crippen molar-refractivity contribution in [3.63, 3.8) is 0 Å². The quantitative estimate of drug-likeness (QED) is 0.656. The van der Waals surface area contributed by atoms with Crippen LogP contribution in [-0.2, 0) is 16.0 Å². The maximum absolute atomic E-state index is 13.0. The average molecular weight is 423 g/mol. The summed E-state index contributed by atoms with van der Waals surface area (Å²) >= 11 is 0. The molecule has 8 heteroatoms. The van der Waals surface area contributed by atoms with E-state index in [0.29, 0.717) is 32.5 Å². The molecule has 3 N–H and O–H groups in total. The Kier molecular flexibility index (Phi) is 8.05. The average Bonchev–Trinajstić information content (AvgIpc) is 2.93. The number of nitrogens with two attached hydrogens (primary N) is 1. The van der Waals surface area contributed by atoms with Crippen molar-refractivity contribution in [3.05, 3.63) is 35.9 Å². The summed E-state index contributed by atoms with van der Waals surface area (Å²) in [5.74, 6) is -0.421. The van der Waals surface area contributed by atoms with Gasteiger partial charge >= 0.3 is 6.03 Å². The molecule has 2 fully saturated rings. The minimum absolute atomic E-state index is 0. The molecular formula is C21H31ClN4O3. The third-order valence-corrected chi connectivity index (χ3v) is 6.06. The van der Waals surface area contributed by atoms with Crippen LogP contribution in [-0.4, -0.2) is 59.4 Å². The Hall–Kier alpha value is -2.12. The molecule has 1 saturated carbocycles. The van der Waals surface area contributed by atoms with Gasteiger partial charge in [-0.05, 0) is 30.7 Å². The van der Waals surface area contributed by atoms with Crippen LogP contribution in [0.2, 0.25) is 0 Å². The molecule has 2 aliphatic rings. The van der Waals surface area contributed by atoms with Crippen molar-refractivity contribution < 1.29 is 14.4 Å². The lowest BCUT2D eigenvalue weighted by atomic mass is 9.73. The van der Waals surface area contributed by atoms with Crippen LogP contribution in [0.5, 0.6) is 0 Å². The number of carbonyl (C=O) groups excluding carboxylic acids is 3. The van der Waals surface area contributed by atoms with Gasteiger partial charge in [-0.15, -0.1) is 12.4 Å². The summed E-state index contributed by atoms with van der Waals surface area (Å²) in [6.07, 6.45) is 4.23. The van der Waals surface area contributed by atoms with Crippen LogP contribution in [0.15, 0.2) is 30.3 Å². The number of amides is 4. The Labute approximate surface area is 178 Å². The van der Waals surface area contributed by atoms with E-state index in [0.717, 1.165) is 29.7 Å². The zero-order valence-electron chi connectivity index (χ0n) is 16.9. The van der Waals surface area contributed by atoms with E-state index in [-0.39, 0.29) is 36.7 Å². The molecule has 7 nitrogen and oxygen atoms in total. The van der Waals surface area contributed by atoms with Crippen LogP contribution in [0.1, 0.15) is 38.2 Å². The van der Waals surface area contributed by atoms with Crippen LogP contribution in [0.25, 0.3) is 0 Å². The summed E-state index contributed by atoms with van der Waals surface area (Å²) < 4.78 is 0. The molecule has 4 amide bonds. The van der Waals surface area contributed by atoms with Gasteiger partial charge in [0, 0.05) is 19.6 Å². The van der Waals surface area contributed by atoms with Crippen LogP contribution >= 0.6 is 12.4 Å². The first kappa shape index (κ1) is 23.2. The number of halogens is 1. The second-order valence-electron chi connectivity index (χ2n) is 7.84. The van der Waals surface area contributed by atoms with Crippen LogP contribution < -0.4 is 11.1 Å². The first-order valence-electron chi connectivity index (χ1n) is 10.1. The van der Waals surface area contributed by atoms with Crippen molar-refractivity contribution in [2.75, 3.05) is 26.2 Å². The molecule has 29 heavy (non-hydrogen) atoms. The van der Waals surface area contributed by atoms with Crippen LogP contribution in [0.3, 0.4) is 0 Å². The SMILES string of the molecule is CC1CCCCC12NC(=O)N(CC(=O)N(CCN)CCc1ccccc1)C2=O.Cl. The number of rotatable bonds is 7. The fraction of sp³-hybridized carbons (Fsp3) is 0.571. The highest BCUT2D eigenvalue weighted by Crippen LogP contribution is 2.38. The number of carbonyl (C=O) groups is 3. The molecule has 0 aromatic heterocycles. The molecule has 2 unspecified atom stereocenters. The van der Waals surface area contributed by atoms with Gasteiger partial charge in [0.1, 0.15) is 12.1 Å². The third-order valence-electron chi connectivity index (χ3n) is 6.06. The van der Waals surface area contributed by atoms with E-state index < -0.39 is 11.6 Å². The summed E-state index contributed by atoms with van der Waals surface area (Å²) in [4.78, 5) is 41.1. The maximum atomic E-state index is 13.0. The Morgan fingerprint density at radius 1 is 1.24 bits per heavy atom. The van der Waals surface area contributed by atoms with E-state index in [4.69, 9.17) is 5.73 Å². The van der Waals surface area contributed by atoms with Gasteiger partial charge in [0.25, 0.3) is 5.91 Å². The van der Waals surface area contributed by atoms with Gasteiger partial charge < -0.3 is 16.0 Å². The number of imide groups is 1. The molecule has 1 heterocycles. The maximum Gasteiger partial charge on any atom is 0.325 e. The second kappa shape index (κ2) is 10.1. The van der Waals surface area contributed by atoms with E-state index in [1.807, 2.05) is 37.3 Å². The standard InChI is InChI=1S/C21H30N4O3.ClH/c1-16-7-5-6-11-21(16)19(27)25(20(28)23-21)15-18(26)24(14-12-22)13-10-17-8-3-2-4-9-17;/h2-4,8-9,16H,5-7,10-15,22H2,1H3,(H,23,28);1H. The minimum atomic E-state index is -0.835. The van der Waals surface area contributed by atoms with Gasteiger partial charge in [-0.3, -0.25) is 14.5 Å². The Morgan fingerprint density at radius 3 is 2.62 bits per heavy atom. The van der Waals surface area contributed by atoms with Crippen molar-refractivity contribution in [3.8, 4) is 0 Å². The van der Waals surface area contributed by atoms with Gasteiger partial charge in [-0.2, -0.15) is 0 Å². The Balaban J connectivity index is 0.00000300. The monoisotopic (exact) mass is 422 g/mol. The van der Waals surface area contributed by atoms with E-state index in [1.165, 1.54) is 0 Å². The number of hydrogen-bond donors (Lipinski definition) is 2. The lowest BCUT2D eigenvalue weighted by Gasteiger charge is -2.36. The summed E-state index contributed by atoms with van der Waals surface area (Å²) in [7, 11) is 0. The molecule has 160 valence electrons. The summed E-state index contributed by atoms with van der Waals surface area (Å²) in [5.41, 5.74) is 5.97. The van der Waals surface area contributed by atoms with Gasteiger partial charge in [0.2, 0.25) is 5.91 Å². The number of nitrogens with one attached hydrogen (secondary N) is 1. The second-order valence-corrected chi connectivity index (χ2v) is 7.84. The fourth-order valence-electron chi connectivity index (χ4n) is 4.30. The van der Waals surface area contributed by atoms with Gasteiger partial charge in [0.15, 0.2) is 0 Å². The summed E-state index contributed by atoms with van der Waals surface area (Å²) in [6.45, 7) is 3.01. The lowest BCUT2D eigenvalue weighted by Crippen LogP contribution is -2.54. The van der Waals surface area contributed by atoms with Crippen molar-refractivity contribution in [2.24, 2.45) is 11.7 Å². The fourth-order valence-corrected chi connectivity index (χ4v) is 4.30. The van der Waals surface area contributed by atoms with Gasteiger partial charge in [0.05, 0.1) is 0 Å². The zero-order chi connectivity index (χ0) is 20.1. The number of benzene rings is 1. The highest BCUT2D eigenvalue weighted by molar-refractivity contribution is 6.09. The highest BCUT2D eigenvalue weighted by atomic mass is 35.5. The Bertz CT molecular complexity index is 730. The van der Waals surface area contributed by atoms with Crippen molar-refractivity contribution in [2.45, 2.75) is 44.6 Å². The molecule has 1 aliphatic carbocycles. The third kappa shape index (κ3) is 4.90. The molecule has 1 aromatic rings. The zero-order valence-corrected chi connectivity index (χ0v) is 17.7. The molecule has 2 atom stereocenters. The van der Waals surface area contributed by atoms with Crippen LogP contribution in [0.4, 0.5) is 4.79 Å². The highest BCUT2D eigenvalue weighted by Gasteiger charge is 2.55. The molecule has 1 aromatic carbocycles. The molecule has 1 saturated heterocycles. The molecule has 3 rings (SSSR count). The smallest absolute Gasteiger partial charge is 0.325 e. The predicted molar refractivity (Wildman–Crippen MR) is 114 cm³/mol. The van der Waals surface area contributed by atoms with E-state index >= 15 is 0 Å². The number of nitrogens with zero attached hydrogens (tertiary/aromatic N) is 2. The lowest BCUT2D eigenvalue weighted by molar-refractivity contribution is -0.140. The molecular weight excluding hydrogens is 392 g/mol. The first-order chi connectivity index (χ1) is 13.5. The van der Waals surface area contributed by atoms with E-state index in [1.54, 1.807) is 4.90 Å². The van der Waals surface area contributed by atoms with Crippen molar-refractivity contribution in [1.29, 1.82) is 0 Å². The Morgan fingerprint density at radius 2 is 1.97 bits per heavy atom. The number of urea groups is 1. The molecule has 1 aliphatic heterocycles. The molecule has 0 radical (unpaired) electrons. The van der Waals surface area contributed by atoms with E-state index in [2.05, 4.69) is 5.32 Å². The van der Waals surface area contributed by atoms with Crippen molar-refractivity contribution >= 4 is 30.3 Å². The molecule has 1 spiro atoms. The van der Waals surface area contributed by atoms with E-state index in [9.17, 15) is 14.4 Å². The summed E-state index contributed by atoms with van der Waals surface area (Å²) in [5, 5.41) is 2.90. The van der Waals surface area contributed by atoms with Gasteiger partial charge in [-0.25, -0.2) is 4.79 Å². The van der Waals surface area contributed by atoms with Gasteiger partial charge in [-0.1, -0.05) is 50.1 Å². The predicted octanol–water partition coefficient (Wildman–Crippen LogP) is 1.94. The molecule has 0 bridgehead atoms. The number of hydrogen-bond acceptors (Lipinski definition) is 4. The minimum Gasteiger partial charge on any atom is -0.340 e. The van der Waals surface area contributed by atoms with Crippen LogP contribution in [0, 0.1) is 5.92 Å². The van der Waals surface area contributed by atoms with Crippen molar-refractivity contribution in [1.82, 2.24) is 15.1 Å². The first-order valence-corrected chi connectivity index (χ1v) is 10.1. The normalized spacial score (nSPS) is 23.7. The topological polar surface area (TPSA) is 95.7 Å². The summed E-state index contributed by atoms with van der Waals surface area (Å²) in [6, 6.07) is 9.44.